The smallest absolute Gasteiger partial charge is 0.378 e. The van der Waals surface area contributed by atoms with Gasteiger partial charge in [-0.25, -0.2) is 4.68 Å². The monoisotopic (exact) mass is 458 g/mol. The summed E-state index contributed by atoms with van der Waals surface area (Å²) in [5, 5.41) is 6.60. The first kappa shape index (κ1) is 24.0. The summed E-state index contributed by atoms with van der Waals surface area (Å²) in [6, 6.07) is 14.0. The number of halogens is 3. The highest BCUT2D eigenvalue weighted by molar-refractivity contribution is 5.92. The van der Waals surface area contributed by atoms with Crippen LogP contribution in [0.4, 0.5) is 18.9 Å². The lowest BCUT2D eigenvalue weighted by Crippen LogP contribution is -2.33. The van der Waals surface area contributed by atoms with Gasteiger partial charge in [0.05, 0.1) is 11.3 Å². The molecule has 0 aliphatic carbocycles. The normalized spacial score (nSPS) is 11.3. The summed E-state index contributed by atoms with van der Waals surface area (Å²) in [7, 11) is 3.92. The zero-order chi connectivity index (χ0) is 24.2. The molecule has 0 saturated heterocycles. The molecule has 9 heteroatoms. The molecule has 3 rings (SSSR count). The Labute approximate surface area is 189 Å². The van der Waals surface area contributed by atoms with Crippen LogP contribution < -0.4 is 15.6 Å². The average Bonchev–Trinajstić information content (AvgIpc) is 2.76. The number of hydrogen-bond donors (Lipinski definition) is 1. The highest BCUT2D eigenvalue weighted by atomic mass is 19.4. The van der Waals surface area contributed by atoms with E-state index in [-0.39, 0.29) is 11.4 Å². The molecule has 0 atom stereocenters. The number of anilines is 1. The van der Waals surface area contributed by atoms with Crippen molar-refractivity contribution >= 4 is 11.6 Å². The van der Waals surface area contributed by atoms with Gasteiger partial charge in [-0.05, 0) is 49.6 Å². The number of nitrogens with one attached hydrogen (secondary N) is 1. The van der Waals surface area contributed by atoms with Crippen molar-refractivity contribution < 1.29 is 18.0 Å². The van der Waals surface area contributed by atoms with Crippen LogP contribution in [0.5, 0.6) is 0 Å². The van der Waals surface area contributed by atoms with Crippen LogP contribution in [0.15, 0.2) is 59.4 Å². The van der Waals surface area contributed by atoms with Gasteiger partial charge >= 0.3 is 6.18 Å². The van der Waals surface area contributed by atoms with Gasteiger partial charge in [-0.1, -0.05) is 24.3 Å². The second kappa shape index (κ2) is 9.89. The minimum atomic E-state index is -4.61. The van der Waals surface area contributed by atoms with E-state index in [0.29, 0.717) is 13.0 Å². The second-order valence-electron chi connectivity index (χ2n) is 7.85. The van der Waals surface area contributed by atoms with Crippen LogP contribution in [-0.2, 0) is 12.6 Å². The minimum absolute atomic E-state index is 0.189. The summed E-state index contributed by atoms with van der Waals surface area (Å²) in [5.74, 6) is -0.721. The zero-order valence-electron chi connectivity index (χ0n) is 18.6. The summed E-state index contributed by atoms with van der Waals surface area (Å²) in [6.07, 6.45) is -3.26. The number of aromatic nitrogens is 2. The predicted molar refractivity (Wildman–Crippen MR) is 121 cm³/mol. The molecule has 3 aromatic rings. The van der Waals surface area contributed by atoms with E-state index < -0.39 is 28.8 Å². The Morgan fingerprint density at radius 3 is 2.39 bits per heavy atom. The first-order valence-corrected chi connectivity index (χ1v) is 10.4. The van der Waals surface area contributed by atoms with Crippen molar-refractivity contribution in [1.29, 1.82) is 0 Å². The third kappa shape index (κ3) is 5.79. The SMILES string of the molecule is Cc1cc(=O)c(C(=O)NCCCc2ccc(N(C)C)cc2)nn1-c1ccccc1C(F)(F)F. The quantitative estimate of drug-likeness (QED) is 0.544. The number of rotatable bonds is 7. The number of carbonyl (C=O) groups excluding carboxylic acids is 1. The molecule has 0 aliphatic heterocycles. The summed E-state index contributed by atoms with van der Waals surface area (Å²) in [5.41, 5.74) is 0.122. The van der Waals surface area contributed by atoms with Crippen LogP contribution in [0.25, 0.3) is 5.69 Å². The van der Waals surface area contributed by atoms with Gasteiger partial charge in [0.2, 0.25) is 5.43 Å². The Balaban J connectivity index is 1.72. The lowest BCUT2D eigenvalue weighted by atomic mass is 10.1. The molecule has 0 saturated carbocycles. The maximum absolute atomic E-state index is 13.4. The van der Waals surface area contributed by atoms with E-state index in [9.17, 15) is 22.8 Å². The fraction of sp³-hybridized carbons (Fsp3) is 0.292. The van der Waals surface area contributed by atoms with Gasteiger partial charge in [0.15, 0.2) is 5.69 Å². The zero-order valence-corrected chi connectivity index (χ0v) is 18.6. The number of amides is 1. The molecule has 174 valence electrons. The van der Waals surface area contributed by atoms with Gasteiger partial charge in [0.1, 0.15) is 0 Å². The molecular weight excluding hydrogens is 433 g/mol. The Hall–Kier alpha value is -3.62. The maximum atomic E-state index is 13.4. The van der Waals surface area contributed by atoms with Gasteiger partial charge < -0.3 is 10.2 Å². The number of hydrogen-bond acceptors (Lipinski definition) is 4. The van der Waals surface area contributed by atoms with E-state index in [4.69, 9.17) is 0 Å². The number of carbonyl (C=O) groups is 1. The second-order valence-corrected chi connectivity index (χ2v) is 7.85. The van der Waals surface area contributed by atoms with E-state index in [0.717, 1.165) is 34.5 Å². The van der Waals surface area contributed by atoms with Crippen molar-refractivity contribution in [2.45, 2.75) is 25.9 Å². The van der Waals surface area contributed by atoms with E-state index in [2.05, 4.69) is 10.4 Å². The molecule has 33 heavy (non-hydrogen) atoms. The standard InChI is InChI=1S/C24H25F3N4O2/c1-16-15-21(32)22(29-31(16)20-9-5-4-8-19(20)24(25,26)27)23(33)28-14-6-7-17-10-12-18(13-11-17)30(2)3/h4-5,8-13,15H,6-7,14H2,1-3H3,(H,28,33). The van der Waals surface area contributed by atoms with Crippen molar-refractivity contribution in [3.05, 3.63) is 87.3 Å². The number of para-hydroxylation sites is 1. The van der Waals surface area contributed by atoms with Crippen LogP contribution in [0, 0.1) is 6.92 Å². The molecule has 1 heterocycles. The molecule has 0 fully saturated rings. The maximum Gasteiger partial charge on any atom is 0.418 e. The van der Waals surface area contributed by atoms with Gasteiger partial charge in [-0.2, -0.15) is 18.3 Å². The van der Waals surface area contributed by atoms with Gasteiger partial charge in [0, 0.05) is 38.1 Å². The lowest BCUT2D eigenvalue weighted by molar-refractivity contribution is -0.137. The van der Waals surface area contributed by atoms with Crippen LogP contribution in [0.3, 0.4) is 0 Å². The molecule has 0 radical (unpaired) electrons. The fourth-order valence-electron chi connectivity index (χ4n) is 3.39. The molecule has 0 aliphatic rings. The first-order chi connectivity index (χ1) is 15.6. The van der Waals surface area contributed by atoms with E-state index in [1.165, 1.54) is 25.1 Å². The summed E-state index contributed by atoms with van der Waals surface area (Å²) in [6.45, 7) is 1.76. The van der Waals surface area contributed by atoms with Crippen LogP contribution in [0.2, 0.25) is 0 Å². The predicted octanol–water partition coefficient (Wildman–Crippen LogP) is 3.99. The summed E-state index contributed by atoms with van der Waals surface area (Å²) in [4.78, 5) is 26.9. The molecule has 0 spiro atoms. The number of aryl methyl sites for hydroxylation is 2. The minimum Gasteiger partial charge on any atom is -0.378 e. The Morgan fingerprint density at radius 2 is 1.76 bits per heavy atom. The molecule has 1 aromatic heterocycles. The molecule has 1 N–H and O–H groups in total. The summed E-state index contributed by atoms with van der Waals surface area (Å²) < 4.78 is 41.3. The highest BCUT2D eigenvalue weighted by Crippen LogP contribution is 2.33. The van der Waals surface area contributed by atoms with Crippen LogP contribution >= 0.6 is 0 Å². The Bertz CT molecular complexity index is 1190. The van der Waals surface area contributed by atoms with Crippen LogP contribution in [-0.4, -0.2) is 36.3 Å². The number of nitrogens with zero attached hydrogens (tertiary/aromatic N) is 3. The van der Waals surface area contributed by atoms with Crippen molar-refractivity contribution in [1.82, 2.24) is 15.1 Å². The van der Waals surface area contributed by atoms with Crippen molar-refractivity contribution in [2.75, 3.05) is 25.5 Å². The number of benzene rings is 2. The molecule has 0 unspecified atom stereocenters. The number of alkyl halides is 3. The van der Waals surface area contributed by atoms with Crippen molar-refractivity contribution in [2.24, 2.45) is 0 Å². The Kier molecular flexibility index (Phi) is 7.20. The van der Waals surface area contributed by atoms with Gasteiger partial charge in [0.25, 0.3) is 5.91 Å². The summed E-state index contributed by atoms with van der Waals surface area (Å²) >= 11 is 0. The van der Waals surface area contributed by atoms with Crippen LogP contribution in [0.1, 0.15) is 33.7 Å². The molecule has 6 nitrogen and oxygen atoms in total. The van der Waals surface area contributed by atoms with Crippen molar-refractivity contribution in [3.8, 4) is 5.69 Å². The molecule has 2 aromatic carbocycles. The van der Waals surface area contributed by atoms with Crippen molar-refractivity contribution in [3.63, 3.8) is 0 Å². The largest absolute Gasteiger partial charge is 0.418 e. The van der Waals surface area contributed by atoms with Gasteiger partial charge in [-0.15, -0.1) is 0 Å². The topological polar surface area (TPSA) is 67.2 Å². The third-order valence-electron chi connectivity index (χ3n) is 5.14. The molecule has 0 bridgehead atoms. The van der Waals surface area contributed by atoms with E-state index in [1.54, 1.807) is 0 Å². The first-order valence-electron chi connectivity index (χ1n) is 10.4. The average molecular weight is 458 g/mol. The van der Waals surface area contributed by atoms with E-state index in [1.807, 2.05) is 43.3 Å². The fourth-order valence-corrected chi connectivity index (χ4v) is 3.39. The lowest BCUT2D eigenvalue weighted by Gasteiger charge is -2.16. The molecular formula is C24H25F3N4O2. The van der Waals surface area contributed by atoms with Gasteiger partial charge in [-0.3, -0.25) is 9.59 Å². The molecule has 1 amide bonds. The highest BCUT2D eigenvalue weighted by Gasteiger charge is 2.34. The third-order valence-corrected chi connectivity index (χ3v) is 5.14. The van der Waals surface area contributed by atoms with E-state index >= 15 is 0 Å². The Morgan fingerprint density at radius 1 is 1.09 bits per heavy atom.